The van der Waals surface area contributed by atoms with Crippen molar-refractivity contribution in [1.29, 1.82) is 0 Å². The van der Waals surface area contributed by atoms with Gasteiger partial charge in [0.2, 0.25) is 5.91 Å². The number of rotatable bonds is 5. The zero-order chi connectivity index (χ0) is 13.0. The summed E-state index contributed by atoms with van der Waals surface area (Å²) in [4.78, 5) is 15.9. The molecule has 0 saturated carbocycles. The van der Waals surface area contributed by atoms with Gasteiger partial charge in [0.15, 0.2) is 0 Å². The molecule has 1 unspecified atom stereocenters. The molecule has 19 heavy (non-hydrogen) atoms. The summed E-state index contributed by atoms with van der Waals surface area (Å²) < 4.78 is 0. The predicted octanol–water partition coefficient (Wildman–Crippen LogP) is 2.56. The van der Waals surface area contributed by atoms with Crippen LogP contribution in [0.15, 0.2) is 17.5 Å². The average molecular weight is 303 g/mol. The number of nitrogens with zero attached hydrogens (tertiary/aromatic N) is 1. The number of hydrogen-bond acceptors (Lipinski definition) is 3. The molecule has 0 aliphatic carbocycles. The van der Waals surface area contributed by atoms with Crippen molar-refractivity contribution in [1.82, 2.24) is 10.2 Å². The molecule has 1 N–H and O–H groups in total. The molecular formula is C14H23ClN2OS. The van der Waals surface area contributed by atoms with E-state index < -0.39 is 0 Å². The van der Waals surface area contributed by atoms with E-state index in [1.165, 1.54) is 4.88 Å². The van der Waals surface area contributed by atoms with Gasteiger partial charge in [-0.15, -0.1) is 23.7 Å². The van der Waals surface area contributed by atoms with Crippen molar-refractivity contribution in [3.8, 4) is 0 Å². The van der Waals surface area contributed by atoms with Crippen LogP contribution < -0.4 is 5.32 Å². The zero-order valence-corrected chi connectivity index (χ0v) is 13.3. The first kappa shape index (κ1) is 16.5. The van der Waals surface area contributed by atoms with Crippen LogP contribution in [-0.4, -0.2) is 37.0 Å². The largest absolute Gasteiger partial charge is 0.342 e. The molecule has 1 aromatic heterocycles. The Balaban J connectivity index is 0.00000180. The van der Waals surface area contributed by atoms with Crippen LogP contribution in [0.5, 0.6) is 0 Å². The van der Waals surface area contributed by atoms with E-state index in [0.29, 0.717) is 5.91 Å². The van der Waals surface area contributed by atoms with Crippen LogP contribution in [0.25, 0.3) is 0 Å². The van der Waals surface area contributed by atoms with Gasteiger partial charge < -0.3 is 10.2 Å². The Bertz CT molecular complexity index is 388. The van der Waals surface area contributed by atoms with Gasteiger partial charge in [-0.25, -0.2) is 0 Å². The van der Waals surface area contributed by atoms with Crippen LogP contribution >= 0.6 is 23.7 Å². The third kappa shape index (κ3) is 3.94. The van der Waals surface area contributed by atoms with Crippen LogP contribution in [0.1, 0.15) is 25.1 Å². The Kier molecular flexibility index (Phi) is 6.30. The van der Waals surface area contributed by atoms with Crippen molar-refractivity contribution in [2.45, 2.75) is 26.7 Å². The van der Waals surface area contributed by atoms with Crippen molar-refractivity contribution < 1.29 is 4.79 Å². The topological polar surface area (TPSA) is 32.3 Å². The van der Waals surface area contributed by atoms with Crippen molar-refractivity contribution in [3.05, 3.63) is 22.4 Å². The van der Waals surface area contributed by atoms with E-state index in [1.807, 2.05) is 4.90 Å². The average Bonchev–Trinajstić information content (AvgIpc) is 3.01. The fourth-order valence-corrected chi connectivity index (χ4v) is 3.18. The van der Waals surface area contributed by atoms with Crippen LogP contribution in [-0.2, 0) is 11.2 Å². The van der Waals surface area contributed by atoms with Crippen LogP contribution in [0, 0.1) is 5.41 Å². The Morgan fingerprint density at radius 2 is 2.37 bits per heavy atom. The summed E-state index contributed by atoms with van der Waals surface area (Å²) in [7, 11) is 0. The lowest BCUT2D eigenvalue weighted by Crippen LogP contribution is -2.44. The van der Waals surface area contributed by atoms with Gasteiger partial charge in [-0.1, -0.05) is 6.07 Å². The Labute approximate surface area is 125 Å². The number of halogens is 1. The summed E-state index contributed by atoms with van der Waals surface area (Å²) >= 11 is 1.77. The molecule has 1 fully saturated rings. The van der Waals surface area contributed by atoms with E-state index in [0.717, 1.165) is 39.0 Å². The van der Waals surface area contributed by atoms with Gasteiger partial charge >= 0.3 is 0 Å². The molecule has 5 heteroatoms. The van der Waals surface area contributed by atoms with E-state index in [4.69, 9.17) is 0 Å². The van der Waals surface area contributed by atoms with Crippen LogP contribution in [0.3, 0.4) is 0 Å². The second-order valence-electron chi connectivity index (χ2n) is 5.20. The summed E-state index contributed by atoms with van der Waals surface area (Å²) in [6, 6.07) is 4.21. The Morgan fingerprint density at radius 3 is 2.89 bits per heavy atom. The maximum atomic E-state index is 12.5. The lowest BCUT2D eigenvalue weighted by atomic mass is 9.88. The van der Waals surface area contributed by atoms with Crippen molar-refractivity contribution in [3.63, 3.8) is 0 Å². The third-order valence-corrected chi connectivity index (χ3v) is 4.70. The van der Waals surface area contributed by atoms with E-state index in [-0.39, 0.29) is 17.8 Å². The highest BCUT2D eigenvalue weighted by atomic mass is 35.5. The van der Waals surface area contributed by atoms with Gasteiger partial charge in [0, 0.05) is 24.5 Å². The molecule has 0 radical (unpaired) electrons. The maximum absolute atomic E-state index is 12.5. The Morgan fingerprint density at radius 1 is 1.58 bits per heavy atom. The van der Waals surface area contributed by atoms with E-state index in [1.54, 1.807) is 11.3 Å². The summed E-state index contributed by atoms with van der Waals surface area (Å²) in [6.45, 7) is 7.58. The minimum atomic E-state index is -0.189. The van der Waals surface area contributed by atoms with Crippen molar-refractivity contribution >= 4 is 29.7 Å². The molecule has 1 aliphatic rings. The molecule has 0 spiro atoms. The molecule has 108 valence electrons. The molecule has 0 aromatic carbocycles. The smallest absolute Gasteiger partial charge is 0.229 e. The standard InChI is InChI=1S/C14H22N2OS.ClH/c1-3-16(9-6-12-5-4-10-18-12)13(17)14(2)7-8-15-11-14;/h4-5,10,15H,3,6-9,11H2,1-2H3;1H. The molecule has 2 heterocycles. The van der Waals surface area contributed by atoms with Crippen LogP contribution in [0.4, 0.5) is 0 Å². The number of carbonyl (C=O) groups excluding carboxylic acids is 1. The van der Waals surface area contributed by atoms with Gasteiger partial charge in [0.05, 0.1) is 5.41 Å². The van der Waals surface area contributed by atoms with E-state index in [9.17, 15) is 4.79 Å². The fraction of sp³-hybridized carbons (Fsp3) is 0.643. The number of likely N-dealkylation sites (N-methyl/N-ethyl adjacent to an activating group) is 1. The van der Waals surface area contributed by atoms with E-state index in [2.05, 4.69) is 36.7 Å². The van der Waals surface area contributed by atoms with Gasteiger partial charge in [-0.05, 0) is 44.7 Å². The van der Waals surface area contributed by atoms with Crippen molar-refractivity contribution in [2.75, 3.05) is 26.2 Å². The molecule has 1 atom stereocenters. The summed E-state index contributed by atoms with van der Waals surface area (Å²) in [5.74, 6) is 0.312. The highest BCUT2D eigenvalue weighted by Crippen LogP contribution is 2.27. The second kappa shape index (κ2) is 7.27. The van der Waals surface area contributed by atoms with Gasteiger partial charge in [0.1, 0.15) is 0 Å². The highest BCUT2D eigenvalue weighted by Gasteiger charge is 2.38. The molecule has 1 amide bonds. The molecule has 1 aromatic rings. The Hall–Kier alpha value is -0.580. The first-order valence-corrected chi connectivity index (χ1v) is 7.56. The lowest BCUT2D eigenvalue weighted by Gasteiger charge is -2.30. The normalized spacial score (nSPS) is 22.0. The summed E-state index contributed by atoms with van der Waals surface area (Å²) in [5.41, 5.74) is -0.189. The monoisotopic (exact) mass is 302 g/mol. The summed E-state index contributed by atoms with van der Waals surface area (Å²) in [5, 5.41) is 5.39. The summed E-state index contributed by atoms with van der Waals surface area (Å²) in [6.07, 6.45) is 1.93. The number of hydrogen-bond donors (Lipinski definition) is 1. The number of nitrogens with one attached hydrogen (secondary N) is 1. The number of thiophene rings is 1. The first-order valence-electron chi connectivity index (χ1n) is 6.68. The zero-order valence-electron chi connectivity index (χ0n) is 11.6. The predicted molar refractivity (Wildman–Crippen MR) is 83.1 cm³/mol. The SMILES string of the molecule is CCN(CCc1cccs1)C(=O)C1(C)CCNC1.Cl. The second-order valence-corrected chi connectivity index (χ2v) is 6.23. The molecule has 0 bridgehead atoms. The molecule has 3 nitrogen and oxygen atoms in total. The van der Waals surface area contributed by atoms with E-state index >= 15 is 0 Å². The lowest BCUT2D eigenvalue weighted by molar-refractivity contribution is -0.140. The van der Waals surface area contributed by atoms with Gasteiger partial charge in [-0.2, -0.15) is 0 Å². The third-order valence-electron chi connectivity index (χ3n) is 3.76. The fourth-order valence-electron chi connectivity index (χ4n) is 2.48. The number of amides is 1. The highest BCUT2D eigenvalue weighted by molar-refractivity contribution is 7.09. The van der Waals surface area contributed by atoms with Crippen molar-refractivity contribution in [2.24, 2.45) is 5.41 Å². The molecule has 1 aliphatic heterocycles. The maximum Gasteiger partial charge on any atom is 0.229 e. The van der Waals surface area contributed by atoms with Crippen LogP contribution in [0.2, 0.25) is 0 Å². The number of carbonyl (C=O) groups is 1. The van der Waals surface area contributed by atoms with Gasteiger partial charge in [-0.3, -0.25) is 4.79 Å². The minimum absolute atomic E-state index is 0. The molecule has 1 saturated heterocycles. The molecule has 2 rings (SSSR count). The minimum Gasteiger partial charge on any atom is -0.342 e. The molecular weight excluding hydrogens is 280 g/mol. The van der Waals surface area contributed by atoms with Gasteiger partial charge in [0.25, 0.3) is 0 Å². The quantitative estimate of drug-likeness (QED) is 0.906. The first-order chi connectivity index (χ1) is 8.65.